The number of benzene rings is 1. The Morgan fingerprint density at radius 1 is 1.10 bits per heavy atom. The fourth-order valence-electron chi connectivity index (χ4n) is 3.40. The summed E-state index contributed by atoms with van der Waals surface area (Å²) >= 11 is 0. The van der Waals surface area contributed by atoms with Gasteiger partial charge < -0.3 is 20.1 Å². The first-order chi connectivity index (χ1) is 14.5. The lowest BCUT2D eigenvalue weighted by atomic mass is 10.1. The fraction of sp³-hybridized carbons (Fsp3) is 0.500. The van der Waals surface area contributed by atoms with E-state index in [1.165, 1.54) is 12.0 Å². The Morgan fingerprint density at radius 2 is 1.80 bits per heavy atom. The zero-order valence-electron chi connectivity index (χ0n) is 18.9. The first kappa shape index (κ1) is 23.7. The van der Waals surface area contributed by atoms with E-state index in [0.29, 0.717) is 19.1 Å². The highest BCUT2D eigenvalue weighted by Gasteiger charge is 2.07. The minimum Gasteiger partial charge on any atom is -0.354 e. The molecule has 1 aromatic carbocycles. The fourth-order valence-corrected chi connectivity index (χ4v) is 3.40. The maximum absolute atomic E-state index is 11.8. The van der Waals surface area contributed by atoms with Crippen LogP contribution in [0.1, 0.15) is 44.7 Å². The molecule has 0 spiro atoms. The van der Waals surface area contributed by atoms with Gasteiger partial charge in [0, 0.05) is 31.9 Å². The molecule has 1 unspecified atom stereocenters. The molecule has 2 N–H and O–H groups in total. The van der Waals surface area contributed by atoms with Crippen molar-refractivity contribution in [3.05, 3.63) is 70.1 Å². The summed E-state index contributed by atoms with van der Waals surface area (Å²) in [6, 6.07) is 13.9. The van der Waals surface area contributed by atoms with E-state index in [2.05, 4.69) is 65.6 Å². The summed E-state index contributed by atoms with van der Waals surface area (Å²) in [5, 5.41) is 6.87. The maximum Gasteiger partial charge on any atom is 0.250 e. The molecule has 0 aliphatic carbocycles. The lowest BCUT2D eigenvalue weighted by Crippen LogP contribution is -2.42. The van der Waals surface area contributed by atoms with Crippen LogP contribution in [0.5, 0.6) is 0 Å². The number of guanidine groups is 1. The number of nitrogens with one attached hydrogen (secondary N) is 2. The lowest BCUT2D eigenvalue weighted by molar-refractivity contribution is 0.292. The van der Waals surface area contributed by atoms with Crippen LogP contribution in [0.4, 0.5) is 0 Å². The van der Waals surface area contributed by atoms with Crippen LogP contribution in [0.2, 0.25) is 0 Å². The molecule has 2 aromatic rings. The van der Waals surface area contributed by atoms with E-state index in [1.54, 1.807) is 23.7 Å². The van der Waals surface area contributed by atoms with Gasteiger partial charge in [-0.15, -0.1) is 0 Å². The first-order valence-corrected chi connectivity index (χ1v) is 11.0. The average Bonchev–Trinajstić information content (AvgIpc) is 2.76. The van der Waals surface area contributed by atoms with Crippen LogP contribution in [0, 0.1) is 0 Å². The molecule has 0 aliphatic heterocycles. The van der Waals surface area contributed by atoms with Crippen molar-refractivity contribution in [3.63, 3.8) is 0 Å². The SMILES string of the molecule is CCN(CC)CCCC(C)NC(=NC)NCc1ccc(Cn2ccccc2=O)cc1. The molecule has 1 atom stereocenters. The van der Waals surface area contributed by atoms with Crippen molar-refractivity contribution in [2.45, 2.75) is 52.7 Å². The maximum atomic E-state index is 11.8. The lowest BCUT2D eigenvalue weighted by Gasteiger charge is -2.21. The van der Waals surface area contributed by atoms with Crippen LogP contribution < -0.4 is 16.2 Å². The highest BCUT2D eigenvalue weighted by atomic mass is 16.1. The zero-order chi connectivity index (χ0) is 21.8. The Balaban J connectivity index is 1.77. The molecule has 164 valence electrons. The van der Waals surface area contributed by atoms with Crippen molar-refractivity contribution >= 4 is 5.96 Å². The van der Waals surface area contributed by atoms with Gasteiger partial charge in [-0.2, -0.15) is 0 Å². The van der Waals surface area contributed by atoms with Gasteiger partial charge in [0.1, 0.15) is 0 Å². The third-order valence-electron chi connectivity index (χ3n) is 5.35. The van der Waals surface area contributed by atoms with E-state index in [1.807, 2.05) is 12.3 Å². The molecule has 2 rings (SSSR count). The summed E-state index contributed by atoms with van der Waals surface area (Å²) in [6.45, 7) is 11.3. The Labute approximate surface area is 181 Å². The van der Waals surface area contributed by atoms with Gasteiger partial charge in [-0.25, -0.2) is 0 Å². The second kappa shape index (κ2) is 12.9. The predicted octanol–water partition coefficient (Wildman–Crippen LogP) is 3.07. The molecule has 6 nitrogen and oxygen atoms in total. The number of pyridine rings is 1. The number of hydrogen-bond acceptors (Lipinski definition) is 3. The van der Waals surface area contributed by atoms with Gasteiger partial charge in [0.2, 0.25) is 0 Å². The van der Waals surface area contributed by atoms with E-state index in [-0.39, 0.29) is 5.56 Å². The Morgan fingerprint density at radius 3 is 2.43 bits per heavy atom. The van der Waals surface area contributed by atoms with E-state index in [9.17, 15) is 4.79 Å². The largest absolute Gasteiger partial charge is 0.354 e. The molecule has 0 saturated heterocycles. The molecule has 0 bridgehead atoms. The molecule has 1 aromatic heterocycles. The molecule has 0 amide bonds. The average molecular weight is 412 g/mol. The summed E-state index contributed by atoms with van der Waals surface area (Å²) in [4.78, 5) is 18.7. The number of aromatic nitrogens is 1. The van der Waals surface area contributed by atoms with Gasteiger partial charge in [-0.05, 0) is 56.6 Å². The van der Waals surface area contributed by atoms with Crippen LogP contribution in [0.25, 0.3) is 0 Å². The van der Waals surface area contributed by atoms with Crippen LogP contribution in [0.15, 0.2) is 58.4 Å². The second-order valence-electron chi connectivity index (χ2n) is 7.62. The Hall–Kier alpha value is -2.60. The topological polar surface area (TPSA) is 61.7 Å². The first-order valence-electron chi connectivity index (χ1n) is 11.0. The molecule has 0 saturated carbocycles. The van der Waals surface area contributed by atoms with Gasteiger partial charge in [0.25, 0.3) is 5.56 Å². The van der Waals surface area contributed by atoms with Crippen molar-refractivity contribution in [1.82, 2.24) is 20.1 Å². The molecule has 6 heteroatoms. The van der Waals surface area contributed by atoms with Crippen molar-refractivity contribution in [3.8, 4) is 0 Å². The molecule has 0 radical (unpaired) electrons. The molecule has 1 heterocycles. The van der Waals surface area contributed by atoms with E-state index >= 15 is 0 Å². The summed E-state index contributed by atoms with van der Waals surface area (Å²) in [6.07, 6.45) is 4.11. The third-order valence-corrected chi connectivity index (χ3v) is 5.35. The molecule has 0 aliphatic rings. The monoisotopic (exact) mass is 411 g/mol. The van der Waals surface area contributed by atoms with E-state index in [4.69, 9.17) is 0 Å². The number of nitrogens with zero attached hydrogens (tertiary/aromatic N) is 3. The zero-order valence-corrected chi connectivity index (χ0v) is 18.9. The highest BCUT2D eigenvalue weighted by Crippen LogP contribution is 2.06. The summed E-state index contributed by atoms with van der Waals surface area (Å²) in [5.41, 5.74) is 2.30. The van der Waals surface area contributed by atoms with Crippen LogP contribution in [-0.4, -0.2) is 48.2 Å². The smallest absolute Gasteiger partial charge is 0.250 e. The Kier molecular flexibility index (Phi) is 10.1. The number of rotatable bonds is 11. The van der Waals surface area contributed by atoms with Gasteiger partial charge in [0.05, 0.1) is 6.54 Å². The summed E-state index contributed by atoms with van der Waals surface area (Å²) < 4.78 is 1.71. The van der Waals surface area contributed by atoms with Crippen molar-refractivity contribution in [1.29, 1.82) is 0 Å². The summed E-state index contributed by atoms with van der Waals surface area (Å²) in [5.74, 6) is 0.824. The number of hydrogen-bond donors (Lipinski definition) is 2. The van der Waals surface area contributed by atoms with Crippen molar-refractivity contribution in [2.24, 2.45) is 4.99 Å². The van der Waals surface area contributed by atoms with Crippen LogP contribution in [0.3, 0.4) is 0 Å². The van der Waals surface area contributed by atoms with Gasteiger partial charge >= 0.3 is 0 Å². The number of aliphatic imine (C=N–C) groups is 1. The van der Waals surface area contributed by atoms with Crippen molar-refractivity contribution < 1.29 is 0 Å². The van der Waals surface area contributed by atoms with E-state index in [0.717, 1.165) is 37.6 Å². The third kappa shape index (κ3) is 8.03. The molecule has 0 fully saturated rings. The quantitative estimate of drug-likeness (QED) is 0.441. The predicted molar refractivity (Wildman–Crippen MR) is 126 cm³/mol. The molecular formula is C24H37N5O. The standard InChI is InChI=1S/C24H37N5O/c1-5-28(6-2)16-9-10-20(3)27-24(25-4)26-18-21-12-14-22(15-13-21)19-29-17-8-7-11-23(29)30/h7-8,11-15,17,20H,5-6,9-10,16,18-19H2,1-4H3,(H2,25,26,27). The summed E-state index contributed by atoms with van der Waals surface area (Å²) in [7, 11) is 1.80. The molecular weight excluding hydrogens is 374 g/mol. The molecule has 30 heavy (non-hydrogen) atoms. The second-order valence-corrected chi connectivity index (χ2v) is 7.62. The van der Waals surface area contributed by atoms with E-state index < -0.39 is 0 Å². The highest BCUT2D eigenvalue weighted by molar-refractivity contribution is 5.79. The normalized spacial score (nSPS) is 12.8. The van der Waals surface area contributed by atoms with Crippen molar-refractivity contribution in [2.75, 3.05) is 26.7 Å². The van der Waals surface area contributed by atoms with Gasteiger partial charge in [-0.1, -0.05) is 44.2 Å². The minimum absolute atomic E-state index is 0.0179. The minimum atomic E-state index is 0.0179. The van der Waals surface area contributed by atoms with Crippen LogP contribution in [-0.2, 0) is 13.1 Å². The van der Waals surface area contributed by atoms with Gasteiger partial charge in [-0.3, -0.25) is 9.79 Å². The van der Waals surface area contributed by atoms with Crippen LogP contribution >= 0.6 is 0 Å². The Bertz CT molecular complexity index is 824. The van der Waals surface area contributed by atoms with Gasteiger partial charge in [0.15, 0.2) is 5.96 Å².